The maximum absolute atomic E-state index is 13.1. The number of aromatic nitrogens is 3. The van der Waals surface area contributed by atoms with Crippen LogP contribution < -0.4 is 4.74 Å². The van der Waals surface area contributed by atoms with E-state index < -0.39 is 11.4 Å². The highest BCUT2D eigenvalue weighted by atomic mass is 32.2. The Bertz CT molecular complexity index is 1190. The molecule has 2 aromatic carbocycles. The smallest absolute Gasteiger partial charge is 0.277 e. The molecule has 2 heterocycles. The zero-order valence-corrected chi connectivity index (χ0v) is 17.5. The van der Waals surface area contributed by atoms with Crippen molar-refractivity contribution in [1.82, 2.24) is 15.2 Å². The van der Waals surface area contributed by atoms with Crippen LogP contribution in [0.5, 0.6) is 5.75 Å². The van der Waals surface area contributed by atoms with Gasteiger partial charge in [-0.2, -0.15) is 0 Å². The van der Waals surface area contributed by atoms with E-state index in [0.29, 0.717) is 11.3 Å². The van der Waals surface area contributed by atoms with E-state index in [2.05, 4.69) is 15.2 Å². The first-order valence-corrected chi connectivity index (χ1v) is 10.3. The minimum atomic E-state index is -0.515. The van der Waals surface area contributed by atoms with Crippen molar-refractivity contribution in [3.05, 3.63) is 71.5 Å². The number of H-pyrrole nitrogens is 1. The number of carbonyl (C=O) groups excluding carboxylic acids is 1. The molecule has 6 nitrogen and oxygen atoms in total. The van der Waals surface area contributed by atoms with Crippen molar-refractivity contribution in [2.75, 3.05) is 0 Å². The van der Waals surface area contributed by atoms with Crippen LogP contribution in [-0.4, -0.2) is 26.2 Å². The van der Waals surface area contributed by atoms with Crippen molar-refractivity contribution < 1.29 is 18.3 Å². The third-order valence-electron chi connectivity index (χ3n) is 4.68. The van der Waals surface area contributed by atoms with Gasteiger partial charge in [0.05, 0.1) is 5.25 Å². The van der Waals surface area contributed by atoms with Crippen molar-refractivity contribution in [3.63, 3.8) is 0 Å². The molecule has 2 unspecified atom stereocenters. The van der Waals surface area contributed by atoms with Crippen LogP contribution in [0.1, 0.15) is 41.9 Å². The van der Waals surface area contributed by atoms with Crippen LogP contribution in [0, 0.1) is 12.7 Å². The van der Waals surface area contributed by atoms with Crippen molar-refractivity contribution in [2.45, 2.75) is 37.3 Å². The van der Waals surface area contributed by atoms with E-state index in [1.807, 2.05) is 38.1 Å². The fourth-order valence-electron chi connectivity index (χ4n) is 3.20. The highest BCUT2D eigenvalue weighted by molar-refractivity contribution is 8.00. The van der Waals surface area contributed by atoms with Crippen molar-refractivity contribution in [3.8, 4) is 5.75 Å². The molecule has 0 aliphatic rings. The average molecular weight is 425 g/mol. The third kappa shape index (κ3) is 4.09. The number of thioether (sulfide) groups is 1. The first-order chi connectivity index (χ1) is 14.4. The largest absolute Gasteiger partial charge is 0.481 e. The second-order valence-corrected chi connectivity index (χ2v) is 8.21. The van der Waals surface area contributed by atoms with Gasteiger partial charge < -0.3 is 14.1 Å². The quantitative estimate of drug-likeness (QED) is 0.311. The third-order valence-corrected chi connectivity index (χ3v) is 5.62. The second kappa shape index (κ2) is 8.31. The summed E-state index contributed by atoms with van der Waals surface area (Å²) in [7, 11) is 0. The molecule has 154 valence electrons. The number of hydrogen-bond donors (Lipinski definition) is 1. The van der Waals surface area contributed by atoms with E-state index in [0.717, 1.165) is 16.6 Å². The lowest BCUT2D eigenvalue weighted by Crippen LogP contribution is -2.14. The minimum Gasteiger partial charge on any atom is -0.481 e. The van der Waals surface area contributed by atoms with Crippen LogP contribution in [0.4, 0.5) is 4.39 Å². The summed E-state index contributed by atoms with van der Waals surface area (Å²) in [6.07, 6.45) is -0.515. The van der Waals surface area contributed by atoms with Crippen LogP contribution in [0.25, 0.3) is 10.9 Å². The van der Waals surface area contributed by atoms with Gasteiger partial charge in [-0.15, -0.1) is 10.2 Å². The number of Topliss-reactive ketones (excluding diaryl/α,β-unsaturated/α-hetero) is 1. The molecule has 0 spiro atoms. The summed E-state index contributed by atoms with van der Waals surface area (Å²) < 4.78 is 24.4. The zero-order chi connectivity index (χ0) is 21.3. The standard InChI is InChI=1S/C22H20FN3O3S/c1-12-19(17-6-4-5-7-18(17)24-12)20(27)14(3)30-22-26-25-21(29-22)13(2)28-16-10-8-15(23)9-11-16/h4-11,13-14,24H,1-3H3. The number of ketones is 1. The molecule has 0 aliphatic heterocycles. The van der Waals surface area contributed by atoms with Crippen molar-refractivity contribution in [2.24, 2.45) is 0 Å². The van der Waals surface area contributed by atoms with Crippen LogP contribution in [-0.2, 0) is 0 Å². The number of halogens is 1. The predicted octanol–water partition coefficient (Wildman–Crippen LogP) is 5.50. The number of nitrogens with one attached hydrogen (secondary N) is 1. The Kier molecular flexibility index (Phi) is 5.59. The number of ether oxygens (including phenoxy) is 1. The molecule has 1 N–H and O–H groups in total. The highest BCUT2D eigenvalue weighted by Gasteiger charge is 2.25. The SMILES string of the molecule is Cc1[nH]c2ccccc2c1C(=O)C(C)Sc1nnc(C(C)Oc2ccc(F)cc2)o1. The van der Waals surface area contributed by atoms with E-state index in [9.17, 15) is 9.18 Å². The fraction of sp³-hybridized carbons (Fsp3) is 0.227. The molecule has 0 bridgehead atoms. The summed E-state index contributed by atoms with van der Waals surface area (Å²) in [5, 5.41) is 8.83. The van der Waals surface area contributed by atoms with E-state index >= 15 is 0 Å². The van der Waals surface area contributed by atoms with E-state index in [4.69, 9.17) is 9.15 Å². The van der Waals surface area contributed by atoms with Gasteiger partial charge in [0.15, 0.2) is 11.9 Å². The molecular weight excluding hydrogens is 405 g/mol. The summed E-state index contributed by atoms with van der Waals surface area (Å²) in [6.45, 7) is 5.47. The van der Waals surface area contributed by atoms with E-state index in [-0.39, 0.29) is 22.7 Å². The monoisotopic (exact) mass is 425 g/mol. The molecule has 4 rings (SSSR count). The topological polar surface area (TPSA) is 81.0 Å². The fourth-order valence-corrected chi connectivity index (χ4v) is 3.95. The molecule has 2 atom stereocenters. The number of benzene rings is 2. The average Bonchev–Trinajstić information content (AvgIpc) is 3.32. The highest BCUT2D eigenvalue weighted by Crippen LogP contribution is 2.30. The number of hydrogen-bond acceptors (Lipinski definition) is 6. The van der Waals surface area contributed by atoms with Gasteiger partial charge in [-0.25, -0.2) is 4.39 Å². The van der Waals surface area contributed by atoms with Gasteiger partial charge in [0.1, 0.15) is 11.6 Å². The number of carbonyl (C=O) groups is 1. The molecule has 8 heteroatoms. The summed E-state index contributed by atoms with van der Waals surface area (Å²) in [6, 6.07) is 13.4. The maximum Gasteiger partial charge on any atom is 0.277 e. The Labute approximate surface area is 176 Å². The van der Waals surface area contributed by atoms with Gasteiger partial charge in [0, 0.05) is 22.2 Å². The number of para-hydroxylation sites is 1. The Morgan fingerprint density at radius 3 is 2.63 bits per heavy atom. The van der Waals surface area contributed by atoms with Gasteiger partial charge in [0.25, 0.3) is 11.1 Å². The lowest BCUT2D eigenvalue weighted by atomic mass is 10.1. The summed E-state index contributed by atoms with van der Waals surface area (Å²) in [4.78, 5) is 16.3. The molecule has 0 fully saturated rings. The zero-order valence-electron chi connectivity index (χ0n) is 16.7. The van der Waals surface area contributed by atoms with E-state index in [1.165, 1.54) is 36.0 Å². The summed E-state index contributed by atoms with van der Waals surface area (Å²) in [5.74, 6) is 0.431. The Hall–Kier alpha value is -3.13. The molecule has 0 saturated carbocycles. The Morgan fingerprint density at radius 1 is 1.13 bits per heavy atom. The van der Waals surface area contributed by atoms with Gasteiger partial charge >= 0.3 is 0 Å². The van der Waals surface area contributed by atoms with Gasteiger partial charge in [0.2, 0.25) is 0 Å². The van der Waals surface area contributed by atoms with Crippen LogP contribution >= 0.6 is 11.8 Å². The lowest BCUT2D eigenvalue weighted by Gasteiger charge is -2.10. The maximum atomic E-state index is 13.1. The number of nitrogens with zero attached hydrogens (tertiary/aromatic N) is 2. The predicted molar refractivity (Wildman–Crippen MR) is 112 cm³/mol. The Balaban J connectivity index is 1.45. The number of rotatable bonds is 7. The first-order valence-electron chi connectivity index (χ1n) is 9.46. The number of aryl methyl sites for hydroxylation is 1. The number of fused-ring (bicyclic) bond motifs is 1. The van der Waals surface area contributed by atoms with E-state index in [1.54, 1.807) is 6.92 Å². The molecule has 2 aromatic heterocycles. The van der Waals surface area contributed by atoms with Crippen LogP contribution in [0.2, 0.25) is 0 Å². The minimum absolute atomic E-state index is 0.00897. The molecule has 0 saturated heterocycles. The summed E-state index contributed by atoms with van der Waals surface area (Å²) >= 11 is 1.20. The van der Waals surface area contributed by atoms with Crippen LogP contribution in [0.3, 0.4) is 0 Å². The normalized spacial score (nSPS) is 13.3. The lowest BCUT2D eigenvalue weighted by molar-refractivity contribution is 0.0994. The van der Waals surface area contributed by atoms with Gasteiger partial charge in [-0.3, -0.25) is 4.79 Å². The summed E-state index contributed by atoms with van der Waals surface area (Å²) in [5.41, 5.74) is 2.45. The molecule has 30 heavy (non-hydrogen) atoms. The number of aromatic amines is 1. The molecule has 4 aromatic rings. The van der Waals surface area contributed by atoms with Gasteiger partial charge in [-0.05, 0) is 51.1 Å². The van der Waals surface area contributed by atoms with Crippen molar-refractivity contribution in [1.29, 1.82) is 0 Å². The van der Waals surface area contributed by atoms with Crippen LogP contribution in [0.15, 0.2) is 58.2 Å². The first kappa shape index (κ1) is 20.2. The Morgan fingerprint density at radius 2 is 1.87 bits per heavy atom. The van der Waals surface area contributed by atoms with Crippen molar-refractivity contribution >= 4 is 28.4 Å². The molecule has 0 radical (unpaired) electrons. The van der Waals surface area contributed by atoms with Gasteiger partial charge in [-0.1, -0.05) is 30.0 Å². The second-order valence-electron chi connectivity index (χ2n) is 6.92. The molecular formula is C22H20FN3O3S. The molecule has 0 aliphatic carbocycles. The molecule has 0 amide bonds.